The number of piperazine rings is 1. The molecule has 1 aromatic heterocycles. The average Bonchev–Trinajstić information content (AvgIpc) is 3.35. The van der Waals surface area contributed by atoms with Gasteiger partial charge in [0.2, 0.25) is 5.91 Å². The number of benzene rings is 3. The van der Waals surface area contributed by atoms with Crippen LogP contribution in [0.15, 0.2) is 72.9 Å². The van der Waals surface area contributed by atoms with Crippen molar-refractivity contribution in [1.82, 2.24) is 9.47 Å². The van der Waals surface area contributed by atoms with Gasteiger partial charge in [-0.2, -0.15) is 0 Å². The van der Waals surface area contributed by atoms with Crippen LogP contribution in [0.4, 0.5) is 15.8 Å². The topological polar surface area (TPSA) is 49.7 Å². The number of ether oxygens (including phenoxy) is 1. The number of nitrogens with zero attached hydrogens (tertiary/aromatic N) is 3. The van der Waals surface area contributed by atoms with Gasteiger partial charge in [-0.05, 0) is 48.7 Å². The van der Waals surface area contributed by atoms with E-state index in [-0.39, 0.29) is 11.7 Å². The number of carbonyl (C=O) groups excluding carboxylic acids is 1. The van der Waals surface area contributed by atoms with Gasteiger partial charge in [-0.15, -0.1) is 0 Å². The number of fused-ring (bicyclic) bond motifs is 2. The van der Waals surface area contributed by atoms with Gasteiger partial charge in [-0.25, -0.2) is 4.39 Å². The Morgan fingerprint density at radius 1 is 0.921 bits per heavy atom. The molecule has 2 aliphatic rings. The first kappa shape index (κ1) is 24.5. The lowest BCUT2D eigenvalue weighted by Gasteiger charge is -2.36. The number of carbonyl (C=O) groups is 1. The zero-order valence-corrected chi connectivity index (χ0v) is 21.5. The van der Waals surface area contributed by atoms with E-state index >= 15 is 0 Å². The molecule has 1 amide bonds. The number of aromatic nitrogens is 1. The predicted molar refractivity (Wildman–Crippen MR) is 150 cm³/mol. The predicted octanol–water partition coefficient (Wildman–Crippen LogP) is 5.30. The fourth-order valence-corrected chi connectivity index (χ4v) is 5.56. The lowest BCUT2D eigenvalue weighted by atomic mass is 10.0. The molecule has 0 unspecified atom stereocenters. The highest BCUT2D eigenvalue weighted by Crippen LogP contribution is 2.30. The van der Waals surface area contributed by atoms with E-state index in [1.54, 1.807) is 6.07 Å². The van der Waals surface area contributed by atoms with Gasteiger partial charge < -0.3 is 19.5 Å². The van der Waals surface area contributed by atoms with E-state index in [1.165, 1.54) is 22.7 Å². The Morgan fingerprint density at radius 3 is 2.66 bits per heavy atom. The molecule has 1 fully saturated rings. The second-order valence-electron chi connectivity index (χ2n) is 10.1. The maximum absolute atomic E-state index is 14.2. The summed E-state index contributed by atoms with van der Waals surface area (Å²) in [6, 6.07) is 21.5. The molecule has 0 bridgehead atoms. The average molecular weight is 513 g/mol. The van der Waals surface area contributed by atoms with Gasteiger partial charge in [0, 0.05) is 73.7 Å². The van der Waals surface area contributed by atoms with E-state index in [0.29, 0.717) is 25.1 Å². The summed E-state index contributed by atoms with van der Waals surface area (Å²) < 4.78 is 22.3. The van der Waals surface area contributed by atoms with Crippen molar-refractivity contribution in [3.8, 4) is 5.75 Å². The normalized spacial score (nSPS) is 15.9. The fourth-order valence-electron chi connectivity index (χ4n) is 5.56. The van der Waals surface area contributed by atoms with Crippen LogP contribution in [0.5, 0.6) is 5.75 Å². The third-order valence-corrected chi connectivity index (χ3v) is 7.67. The molecule has 6 nitrogen and oxygen atoms in total. The summed E-state index contributed by atoms with van der Waals surface area (Å²) in [5, 5.41) is 4.15. The van der Waals surface area contributed by atoms with Crippen LogP contribution in [0.3, 0.4) is 0 Å². The third kappa shape index (κ3) is 5.24. The Bertz CT molecular complexity index is 1440. The highest BCUT2D eigenvalue weighted by molar-refractivity contribution is 5.94. The Kier molecular flexibility index (Phi) is 7.01. The third-order valence-electron chi connectivity index (χ3n) is 7.67. The zero-order valence-electron chi connectivity index (χ0n) is 21.5. The van der Waals surface area contributed by atoms with Crippen LogP contribution in [0.25, 0.3) is 10.9 Å². The molecule has 3 aromatic carbocycles. The monoisotopic (exact) mass is 512 g/mol. The minimum absolute atomic E-state index is 0.0742. The minimum Gasteiger partial charge on any atom is -0.493 e. The minimum atomic E-state index is -0.164. The van der Waals surface area contributed by atoms with Gasteiger partial charge >= 0.3 is 0 Å². The first-order valence-electron chi connectivity index (χ1n) is 13.5. The van der Waals surface area contributed by atoms with Crippen molar-refractivity contribution >= 4 is 28.2 Å². The molecule has 2 aliphatic heterocycles. The van der Waals surface area contributed by atoms with E-state index < -0.39 is 0 Å². The molecule has 3 heterocycles. The summed E-state index contributed by atoms with van der Waals surface area (Å²) in [6.45, 7) is 6.15. The van der Waals surface area contributed by atoms with Crippen molar-refractivity contribution in [3.05, 3.63) is 89.9 Å². The highest BCUT2D eigenvalue weighted by Gasteiger charge is 2.20. The summed E-state index contributed by atoms with van der Waals surface area (Å²) in [5.74, 6) is 0.721. The van der Waals surface area contributed by atoms with Crippen LogP contribution < -0.4 is 15.0 Å². The SMILES string of the molecule is O=C1CCc2ccc(OCCCN3CCN(c4cccc5c4ccn5Cc4ccccc4F)CC3)cc2N1. The first-order chi connectivity index (χ1) is 18.6. The molecule has 38 heavy (non-hydrogen) atoms. The summed E-state index contributed by atoms with van der Waals surface area (Å²) >= 11 is 0. The molecule has 0 spiro atoms. The fraction of sp³-hybridized carbons (Fsp3) is 0.323. The number of hydrogen-bond acceptors (Lipinski definition) is 4. The second-order valence-corrected chi connectivity index (χ2v) is 10.1. The number of halogens is 1. The Balaban J connectivity index is 1.01. The van der Waals surface area contributed by atoms with Gasteiger partial charge in [0.05, 0.1) is 18.7 Å². The molecule has 0 atom stereocenters. The number of amides is 1. The van der Waals surface area contributed by atoms with Crippen molar-refractivity contribution in [2.75, 3.05) is 49.5 Å². The lowest BCUT2D eigenvalue weighted by Crippen LogP contribution is -2.46. The van der Waals surface area contributed by atoms with Gasteiger partial charge in [0.1, 0.15) is 11.6 Å². The lowest BCUT2D eigenvalue weighted by molar-refractivity contribution is -0.116. The molecule has 0 aliphatic carbocycles. The van der Waals surface area contributed by atoms with Crippen LogP contribution >= 0.6 is 0 Å². The Labute approximate surface area is 222 Å². The van der Waals surface area contributed by atoms with Crippen LogP contribution in [0.2, 0.25) is 0 Å². The molecule has 196 valence electrons. The van der Waals surface area contributed by atoms with E-state index in [2.05, 4.69) is 56.2 Å². The Morgan fingerprint density at radius 2 is 1.79 bits per heavy atom. The van der Waals surface area contributed by atoms with Crippen molar-refractivity contribution < 1.29 is 13.9 Å². The number of nitrogens with one attached hydrogen (secondary N) is 1. The molecule has 1 N–H and O–H groups in total. The first-order valence-corrected chi connectivity index (χ1v) is 13.5. The summed E-state index contributed by atoms with van der Waals surface area (Å²) in [6.07, 6.45) is 4.37. The standard InChI is InChI=1S/C31H33FN4O2/c32-27-6-2-1-5-24(27)22-36-15-13-26-29(7-3-8-30(26)36)35-18-16-34(17-19-35)14-4-20-38-25-11-9-23-10-12-31(37)33-28(23)21-25/h1-3,5-9,11,13,15,21H,4,10,12,14,16-20,22H2,(H,33,37). The van der Waals surface area contributed by atoms with Crippen LogP contribution in [-0.4, -0.2) is 54.7 Å². The smallest absolute Gasteiger partial charge is 0.224 e. The zero-order chi connectivity index (χ0) is 25.9. The van der Waals surface area contributed by atoms with E-state index in [0.717, 1.165) is 62.5 Å². The van der Waals surface area contributed by atoms with E-state index in [4.69, 9.17) is 4.74 Å². The molecule has 4 aromatic rings. The van der Waals surface area contributed by atoms with Crippen molar-refractivity contribution in [2.45, 2.75) is 25.8 Å². The quantitative estimate of drug-likeness (QED) is 0.326. The van der Waals surface area contributed by atoms with Crippen LogP contribution in [-0.2, 0) is 17.8 Å². The molecule has 7 heteroatoms. The maximum Gasteiger partial charge on any atom is 0.224 e. The molecule has 6 rings (SSSR count). The van der Waals surface area contributed by atoms with Gasteiger partial charge in [0.15, 0.2) is 0 Å². The summed E-state index contributed by atoms with van der Waals surface area (Å²) in [4.78, 5) is 16.6. The maximum atomic E-state index is 14.2. The number of aryl methyl sites for hydroxylation is 1. The summed E-state index contributed by atoms with van der Waals surface area (Å²) in [7, 11) is 0. The summed E-state index contributed by atoms with van der Waals surface area (Å²) in [5.41, 5.74) is 5.13. The van der Waals surface area contributed by atoms with Crippen molar-refractivity contribution in [1.29, 1.82) is 0 Å². The highest BCUT2D eigenvalue weighted by atomic mass is 19.1. The van der Waals surface area contributed by atoms with E-state index in [9.17, 15) is 9.18 Å². The van der Waals surface area contributed by atoms with Gasteiger partial charge in [0.25, 0.3) is 0 Å². The molecule has 0 saturated carbocycles. The van der Waals surface area contributed by atoms with Gasteiger partial charge in [-0.1, -0.05) is 30.3 Å². The molecular formula is C31H33FN4O2. The number of rotatable bonds is 8. The number of hydrogen-bond donors (Lipinski definition) is 1. The largest absolute Gasteiger partial charge is 0.493 e. The molecule has 1 saturated heterocycles. The van der Waals surface area contributed by atoms with Crippen molar-refractivity contribution in [2.24, 2.45) is 0 Å². The number of anilines is 2. The van der Waals surface area contributed by atoms with Crippen LogP contribution in [0, 0.1) is 5.82 Å². The van der Waals surface area contributed by atoms with Crippen molar-refractivity contribution in [3.63, 3.8) is 0 Å². The van der Waals surface area contributed by atoms with E-state index in [1.807, 2.05) is 24.3 Å². The Hall–Kier alpha value is -3.84. The second kappa shape index (κ2) is 10.9. The molecule has 0 radical (unpaired) electrons. The van der Waals surface area contributed by atoms with Gasteiger partial charge in [-0.3, -0.25) is 9.69 Å². The molecular weight excluding hydrogens is 479 g/mol. The van der Waals surface area contributed by atoms with Crippen LogP contribution in [0.1, 0.15) is 24.0 Å².